The van der Waals surface area contributed by atoms with Crippen LogP contribution in [0.3, 0.4) is 0 Å². The molecule has 0 aliphatic carbocycles. The molecule has 0 spiro atoms. The van der Waals surface area contributed by atoms with Gasteiger partial charge in [-0.2, -0.15) is 0 Å². The molecule has 0 N–H and O–H groups in total. The van der Waals surface area contributed by atoms with E-state index in [0.29, 0.717) is 0 Å². The molecule has 0 aromatic heterocycles. The Kier molecular flexibility index (Phi) is 3.77. The van der Waals surface area contributed by atoms with Gasteiger partial charge in [-0.1, -0.05) is 6.08 Å². The van der Waals surface area contributed by atoms with Crippen LogP contribution < -0.4 is 0 Å². The summed E-state index contributed by atoms with van der Waals surface area (Å²) >= 11 is 0. The van der Waals surface area contributed by atoms with Crippen molar-refractivity contribution in [3.63, 3.8) is 0 Å². The van der Waals surface area contributed by atoms with Gasteiger partial charge in [0.05, 0.1) is 0 Å². The van der Waals surface area contributed by atoms with Crippen LogP contribution in [0.25, 0.3) is 0 Å². The van der Waals surface area contributed by atoms with Crippen LogP contribution in [-0.2, 0) is 4.79 Å². The van der Waals surface area contributed by atoms with E-state index >= 15 is 0 Å². The van der Waals surface area contributed by atoms with Gasteiger partial charge >= 0.3 is 0 Å². The summed E-state index contributed by atoms with van der Waals surface area (Å²) in [6, 6.07) is 0. The molecule has 2 heteroatoms. The molecule has 0 unspecified atom stereocenters. The van der Waals surface area contributed by atoms with Gasteiger partial charge in [-0.25, -0.2) is 0 Å². The van der Waals surface area contributed by atoms with E-state index in [1.54, 1.807) is 11.9 Å². The van der Waals surface area contributed by atoms with Gasteiger partial charge < -0.3 is 4.90 Å². The fourth-order valence-electron chi connectivity index (χ4n) is 0.568. The predicted molar refractivity (Wildman–Crippen MR) is 42.7 cm³/mol. The zero-order chi connectivity index (χ0) is 8.15. The van der Waals surface area contributed by atoms with E-state index in [2.05, 4.69) is 0 Å². The molecule has 0 aromatic rings. The number of likely N-dealkylation sites (N-methyl/N-ethyl adjacent to an activating group) is 1. The molecular formula is C8H15NO. The number of nitrogens with zero attached hydrogens (tertiary/aromatic N) is 1. The summed E-state index contributed by atoms with van der Waals surface area (Å²) in [5.74, 6) is 0.116. The van der Waals surface area contributed by atoms with Crippen molar-refractivity contribution in [2.75, 3.05) is 13.6 Å². The normalized spacial score (nSPS) is 11.4. The maximum atomic E-state index is 11.2. The number of carbonyl (C=O) groups is 1. The smallest absolute Gasteiger partial charge is 0.248 e. The second kappa shape index (κ2) is 4.09. The number of carbonyl (C=O) groups excluding carboxylic acids is 1. The average molecular weight is 141 g/mol. The van der Waals surface area contributed by atoms with Crippen molar-refractivity contribution in [2.45, 2.75) is 20.8 Å². The second-order valence-corrected chi connectivity index (χ2v) is 2.29. The second-order valence-electron chi connectivity index (χ2n) is 2.29. The highest BCUT2D eigenvalue weighted by Gasteiger charge is 2.06. The van der Waals surface area contributed by atoms with Gasteiger partial charge in [0.1, 0.15) is 0 Å². The topological polar surface area (TPSA) is 20.3 Å². The van der Waals surface area contributed by atoms with Gasteiger partial charge in [0.25, 0.3) is 0 Å². The average Bonchev–Trinajstić information content (AvgIpc) is 2.00. The van der Waals surface area contributed by atoms with Gasteiger partial charge in [-0.05, 0) is 20.8 Å². The third-order valence-corrected chi connectivity index (χ3v) is 1.59. The highest BCUT2D eigenvalue weighted by molar-refractivity contribution is 5.92. The molecular weight excluding hydrogens is 126 g/mol. The Morgan fingerprint density at radius 2 is 2.10 bits per heavy atom. The van der Waals surface area contributed by atoms with E-state index in [1.807, 2.05) is 26.8 Å². The van der Waals surface area contributed by atoms with Crippen molar-refractivity contribution >= 4 is 5.91 Å². The first-order valence-electron chi connectivity index (χ1n) is 3.51. The third-order valence-electron chi connectivity index (χ3n) is 1.59. The van der Waals surface area contributed by atoms with Crippen LogP contribution in [0.4, 0.5) is 0 Å². The predicted octanol–water partition coefficient (Wildman–Crippen LogP) is 1.43. The zero-order valence-corrected chi connectivity index (χ0v) is 7.14. The molecule has 0 atom stereocenters. The van der Waals surface area contributed by atoms with E-state index in [4.69, 9.17) is 0 Å². The number of hydrogen-bond acceptors (Lipinski definition) is 1. The Balaban J connectivity index is 4.08. The van der Waals surface area contributed by atoms with Crippen LogP contribution in [0.5, 0.6) is 0 Å². The fourth-order valence-corrected chi connectivity index (χ4v) is 0.568. The monoisotopic (exact) mass is 141 g/mol. The molecule has 10 heavy (non-hydrogen) atoms. The van der Waals surface area contributed by atoms with Crippen LogP contribution in [0, 0.1) is 0 Å². The zero-order valence-electron chi connectivity index (χ0n) is 7.14. The molecule has 0 saturated heterocycles. The van der Waals surface area contributed by atoms with Crippen molar-refractivity contribution in [3.8, 4) is 0 Å². The summed E-state index contributed by atoms with van der Waals surface area (Å²) in [7, 11) is 1.80. The Bertz CT molecular complexity index is 149. The van der Waals surface area contributed by atoms with Crippen LogP contribution in [0.1, 0.15) is 20.8 Å². The Labute approximate surface area is 62.5 Å². The molecule has 0 aliphatic rings. The molecule has 1 amide bonds. The van der Waals surface area contributed by atoms with Crippen molar-refractivity contribution in [2.24, 2.45) is 0 Å². The standard InChI is InChI=1S/C8H15NO/c1-5-7(3)8(10)9(4)6-2/h5H,6H2,1-4H3/b7-5+. The maximum absolute atomic E-state index is 11.2. The molecule has 58 valence electrons. The first-order chi connectivity index (χ1) is 4.63. The van der Waals surface area contributed by atoms with Crippen LogP contribution in [-0.4, -0.2) is 24.4 Å². The summed E-state index contributed by atoms with van der Waals surface area (Å²) in [5.41, 5.74) is 0.810. The molecule has 0 heterocycles. The summed E-state index contributed by atoms with van der Waals surface area (Å²) in [6.07, 6.45) is 1.83. The molecule has 0 rings (SSSR count). The van der Waals surface area contributed by atoms with Crippen LogP contribution >= 0.6 is 0 Å². The molecule has 0 aromatic carbocycles. The van der Waals surface area contributed by atoms with Gasteiger partial charge in [0.2, 0.25) is 5.91 Å². The van der Waals surface area contributed by atoms with Crippen LogP contribution in [0.15, 0.2) is 11.6 Å². The van der Waals surface area contributed by atoms with E-state index < -0.39 is 0 Å². The lowest BCUT2D eigenvalue weighted by Gasteiger charge is -2.13. The number of allylic oxidation sites excluding steroid dienone is 1. The van der Waals surface area contributed by atoms with E-state index in [-0.39, 0.29) is 5.91 Å². The minimum absolute atomic E-state index is 0.116. The highest BCUT2D eigenvalue weighted by atomic mass is 16.2. The van der Waals surface area contributed by atoms with Crippen LogP contribution in [0.2, 0.25) is 0 Å². The largest absolute Gasteiger partial charge is 0.342 e. The van der Waals surface area contributed by atoms with Gasteiger partial charge in [-0.3, -0.25) is 4.79 Å². The lowest BCUT2D eigenvalue weighted by molar-refractivity contribution is -0.125. The van der Waals surface area contributed by atoms with Gasteiger partial charge in [0, 0.05) is 19.2 Å². The molecule has 0 radical (unpaired) electrons. The van der Waals surface area contributed by atoms with Crippen molar-refractivity contribution in [3.05, 3.63) is 11.6 Å². The number of amides is 1. The van der Waals surface area contributed by atoms with Crippen molar-refractivity contribution in [1.82, 2.24) is 4.90 Å². The SMILES string of the molecule is C/C=C(\C)C(=O)N(C)CC. The summed E-state index contributed by atoms with van der Waals surface area (Å²) < 4.78 is 0. The Morgan fingerprint density at radius 3 is 2.40 bits per heavy atom. The van der Waals surface area contributed by atoms with Gasteiger partial charge in [-0.15, -0.1) is 0 Å². The fraction of sp³-hybridized carbons (Fsp3) is 0.625. The first kappa shape index (κ1) is 9.21. The molecule has 0 fully saturated rings. The third kappa shape index (κ3) is 2.21. The molecule has 0 aliphatic heterocycles. The molecule has 0 saturated carbocycles. The van der Waals surface area contributed by atoms with Crippen molar-refractivity contribution in [1.29, 1.82) is 0 Å². The van der Waals surface area contributed by atoms with Crippen molar-refractivity contribution < 1.29 is 4.79 Å². The first-order valence-corrected chi connectivity index (χ1v) is 3.51. The summed E-state index contributed by atoms with van der Waals surface area (Å²) in [6.45, 7) is 6.43. The minimum atomic E-state index is 0.116. The number of hydrogen-bond donors (Lipinski definition) is 0. The van der Waals surface area contributed by atoms with Gasteiger partial charge in [0.15, 0.2) is 0 Å². The Morgan fingerprint density at radius 1 is 1.60 bits per heavy atom. The lowest BCUT2D eigenvalue weighted by Crippen LogP contribution is -2.26. The lowest BCUT2D eigenvalue weighted by atomic mass is 10.2. The van der Waals surface area contributed by atoms with E-state index in [9.17, 15) is 4.79 Å². The maximum Gasteiger partial charge on any atom is 0.248 e. The summed E-state index contributed by atoms with van der Waals surface area (Å²) in [4.78, 5) is 12.9. The molecule has 2 nitrogen and oxygen atoms in total. The summed E-state index contributed by atoms with van der Waals surface area (Å²) in [5, 5.41) is 0. The quantitative estimate of drug-likeness (QED) is 0.533. The Hall–Kier alpha value is -0.790. The van der Waals surface area contributed by atoms with E-state index in [1.165, 1.54) is 0 Å². The molecule has 0 bridgehead atoms. The van der Waals surface area contributed by atoms with E-state index in [0.717, 1.165) is 12.1 Å². The number of rotatable bonds is 2. The minimum Gasteiger partial charge on any atom is -0.342 e. The highest BCUT2D eigenvalue weighted by Crippen LogP contribution is 1.97.